The van der Waals surface area contributed by atoms with Crippen LogP contribution in [0, 0.1) is 0 Å². The maximum atomic E-state index is 6.21. The molecule has 0 saturated carbocycles. The van der Waals surface area contributed by atoms with E-state index in [4.69, 9.17) is 31.5 Å². The van der Waals surface area contributed by atoms with Crippen molar-refractivity contribution < 1.29 is 14.2 Å². The summed E-state index contributed by atoms with van der Waals surface area (Å²) >= 11 is 6.21. The number of benzene rings is 2. The smallest absolute Gasteiger partial charge is 0.121 e. The minimum Gasteiger partial charge on any atom is -0.493 e. The quantitative estimate of drug-likeness (QED) is 0.846. The average Bonchev–Trinajstić information content (AvgIpc) is 2.55. The van der Waals surface area contributed by atoms with Gasteiger partial charge in [0.1, 0.15) is 5.75 Å². The van der Waals surface area contributed by atoms with Crippen LogP contribution in [0.2, 0.25) is 5.02 Å². The van der Waals surface area contributed by atoms with Gasteiger partial charge in [0, 0.05) is 17.1 Å². The van der Waals surface area contributed by atoms with Crippen molar-refractivity contribution in [1.82, 2.24) is 0 Å². The number of hydrogen-bond acceptors (Lipinski definition) is 4. The summed E-state index contributed by atoms with van der Waals surface area (Å²) in [6, 6.07) is 13.4. The molecular formula is C18H20ClNO3. The number of nitrogen functional groups attached to an aromatic ring is 1. The van der Waals surface area contributed by atoms with Crippen LogP contribution in [-0.2, 0) is 9.47 Å². The van der Waals surface area contributed by atoms with Crippen molar-refractivity contribution >= 4 is 17.3 Å². The van der Waals surface area contributed by atoms with Crippen molar-refractivity contribution in [2.45, 2.75) is 12.5 Å². The molecule has 1 unspecified atom stereocenters. The summed E-state index contributed by atoms with van der Waals surface area (Å²) in [6.07, 6.45) is 0.900. The van der Waals surface area contributed by atoms with E-state index < -0.39 is 0 Å². The van der Waals surface area contributed by atoms with Crippen molar-refractivity contribution in [2.75, 3.05) is 32.2 Å². The van der Waals surface area contributed by atoms with Gasteiger partial charge in [-0.1, -0.05) is 23.7 Å². The topological polar surface area (TPSA) is 53.7 Å². The van der Waals surface area contributed by atoms with Crippen LogP contribution in [0.1, 0.15) is 6.42 Å². The van der Waals surface area contributed by atoms with Gasteiger partial charge in [-0.25, -0.2) is 0 Å². The molecule has 0 spiro atoms. The molecule has 3 rings (SSSR count). The van der Waals surface area contributed by atoms with Gasteiger partial charge < -0.3 is 19.9 Å². The van der Waals surface area contributed by atoms with Crippen LogP contribution in [0.4, 0.5) is 5.69 Å². The number of nitrogens with two attached hydrogens (primary N) is 1. The second-order valence-corrected chi connectivity index (χ2v) is 5.94. The second kappa shape index (κ2) is 7.68. The summed E-state index contributed by atoms with van der Waals surface area (Å²) in [7, 11) is 0. The molecule has 0 aromatic heterocycles. The first-order valence-electron chi connectivity index (χ1n) is 7.69. The van der Waals surface area contributed by atoms with Crippen molar-refractivity contribution in [3.63, 3.8) is 0 Å². The molecule has 1 saturated heterocycles. The lowest BCUT2D eigenvalue weighted by atomic mass is 10.0. The molecule has 0 bridgehead atoms. The van der Waals surface area contributed by atoms with Gasteiger partial charge in [0.05, 0.1) is 32.5 Å². The van der Waals surface area contributed by atoms with Gasteiger partial charge in [0.15, 0.2) is 0 Å². The molecule has 122 valence electrons. The third-order valence-electron chi connectivity index (χ3n) is 3.68. The van der Waals surface area contributed by atoms with E-state index in [0.29, 0.717) is 31.5 Å². The highest BCUT2D eigenvalue weighted by Crippen LogP contribution is 2.29. The van der Waals surface area contributed by atoms with Gasteiger partial charge in [-0.3, -0.25) is 0 Å². The molecule has 0 radical (unpaired) electrons. The van der Waals surface area contributed by atoms with Crippen molar-refractivity contribution in [2.24, 2.45) is 0 Å². The fourth-order valence-corrected chi connectivity index (χ4v) is 2.77. The Hall–Kier alpha value is -1.75. The SMILES string of the molecule is Nc1cccc(-c2cc(Cl)cc(OCCC3COCCO3)c2)c1. The summed E-state index contributed by atoms with van der Waals surface area (Å²) in [5.41, 5.74) is 8.57. The van der Waals surface area contributed by atoms with Crippen LogP contribution >= 0.6 is 11.6 Å². The Kier molecular flexibility index (Phi) is 5.39. The van der Waals surface area contributed by atoms with E-state index in [9.17, 15) is 0 Å². The molecule has 0 aliphatic carbocycles. The van der Waals surface area contributed by atoms with Gasteiger partial charge >= 0.3 is 0 Å². The fraction of sp³-hybridized carbons (Fsp3) is 0.333. The normalized spacial score (nSPS) is 17.9. The maximum Gasteiger partial charge on any atom is 0.121 e. The van der Waals surface area contributed by atoms with Gasteiger partial charge in [-0.15, -0.1) is 0 Å². The molecule has 1 aliphatic heterocycles. The van der Waals surface area contributed by atoms with Crippen LogP contribution in [-0.4, -0.2) is 32.5 Å². The third kappa shape index (κ3) is 4.61. The zero-order chi connectivity index (χ0) is 16.1. The molecule has 1 aliphatic rings. The van der Waals surface area contributed by atoms with E-state index >= 15 is 0 Å². The molecule has 1 heterocycles. The lowest BCUT2D eigenvalue weighted by molar-refractivity contribution is -0.0935. The van der Waals surface area contributed by atoms with Crippen molar-refractivity contribution in [3.05, 3.63) is 47.5 Å². The number of anilines is 1. The van der Waals surface area contributed by atoms with Crippen LogP contribution in [0.3, 0.4) is 0 Å². The first kappa shape index (κ1) is 16.1. The molecule has 2 aromatic rings. The summed E-state index contributed by atoms with van der Waals surface area (Å²) in [5, 5.41) is 0.636. The van der Waals surface area contributed by atoms with E-state index in [1.165, 1.54) is 0 Å². The van der Waals surface area contributed by atoms with Crippen molar-refractivity contribution in [3.8, 4) is 16.9 Å². The molecular weight excluding hydrogens is 314 g/mol. The van der Waals surface area contributed by atoms with Crippen molar-refractivity contribution in [1.29, 1.82) is 0 Å². The molecule has 1 fully saturated rings. The average molecular weight is 334 g/mol. The summed E-state index contributed by atoms with van der Waals surface area (Å²) in [4.78, 5) is 0. The molecule has 2 N–H and O–H groups in total. The minimum absolute atomic E-state index is 0.108. The molecule has 0 amide bonds. The number of ether oxygens (including phenoxy) is 3. The number of halogens is 1. The summed E-state index contributed by atoms with van der Waals surface area (Å²) in [5.74, 6) is 0.742. The Bertz CT molecular complexity index is 656. The van der Waals surface area contributed by atoms with Gasteiger partial charge in [0.2, 0.25) is 0 Å². The zero-order valence-corrected chi connectivity index (χ0v) is 13.6. The predicted octanol–water partition coefficient (Wildman–Crippen LogP) is 3.77. The first-order chi connectivity index (χ1) is 11.2. The van der Waals surface area contributed by atoms with E-state index in [0.717, 1.165) is 29.0 Å². The highest BCUT2D eigenvalue weighted by molar-refractivity contribution is 6.31. The molecule has 2 aromatic carbocycles. The first-order valence-corrected chi connectivity index (χ1v) is 8.07. The van der Waals surface area contributed by atoms with Crippen LogP contribution in [0.5, 0.6) is 5.75 Å². The highest BCUT2D eigenvalue weighted by atomic mass is 35.5. The highest BCUT2D eigenvalue weighted by Gasteiger charge is 2.14. The zero-order valence-electron chi connectivity index (χ0n) is 12.8. The van der Waals surface area contributed by atoms with E-state index in [2.05, 4.69) is 0 Å². The Morgan fingerprint density at radius 2 is 2.04 bits per heavy atom. The van der Waals surface area contributed by atoms with Crippen LogP contribution in [0.15, 0.2) is 42.5 Å². The lowest BCUT2D eigenvalue weighted by Crippen LogP contribution is -2.29. The second-order valence-electron chi connectivity index (χ2n) is 5.51. The van der Waals surface area contributed by atoms with E-state index in [1.807, 2.05) is 42.5 Å². The van der Waals surface area contributed by atoms with Gasteiger partial charge in [-0.2, -0.15) is 0 Å². The molecule has 1 atom stereocenters. The Balaban J connectivity index is 1.65. The standard InChI is InChI=1S/C18H20ClNO3/c19-15-8-14(13-2-1-3-16(20)9-13)10-18(11-15)22-5-4-17-12-21-6-7-23-17/h1-3,8-11,17H,4-7,12,20H2. The molecule has 4 nitrogen and oxygen atoms in total. The van der Waals surface area contributed by atoms with Crippen LogP contribution < -0.4 is 10.5 Å². The Labute approximate surface area is 141 Å². The largest absolute Gasteiger partial charge is 0.493 e. The Morgan fingerprint density at radius 3 is 2.83 bits per heavy atom. The van der Waals surface area contributed by atoms with Gasteiger partial charge in [-0.05, 0) is 41.5 Å². The van der Waals surface area contributed by atoms with E-state index in [-0.39, 0.29) is 6.10 Å². The fourth-order valence-electron chi connectivity index (χ4n) is 2.54. The predicted molar refractivity (Wildman–Crippen MR) is 92.0 cm³/mol. The van der Waals surface area contributed by atoms with E-state index in [1.54, 1.807) is 0 Å². The number of hydrogen-bond donors (Lipinski definition) is 1. The lowest BCUT2D eigenvalue weighted by Gasteiger charge is -2.22. The maximum absolute atomic E-state index is 6.21. The summed E-state index contributed by atoms with van der Waals surface area (Å²) in [6.45, 7) is 2.52. The minimum atomic E-state index is 0.108. The van der Waals surface area contributed by atoms with Gasteiger partial charge in [0.25, 0.3) is 0 Å². The van der Waals surface area contributed by atoms with Crippen LogP contribution in [0.25, 0.3) is 11.1 Å². The molecule has 23 heavy (non-hydrogen) atoms. The Morgan fingerprint density at radius 1 is 1.13 bits per heavy atom. The number of rotatable bonds is 5. The monoisotopic (exact) mass is 333 g/mol. The molecule has 5 heteroatoms. The third-order valence-corrected chi connectivity index (χ3v) is 3.90. The summed E-state index contributed by atoms with van der Waals surface area (Å²) < 4.78 is 16.8.